The fourth-order valence-corrected chi connectivity index (χ4v) is 2.61. The van der Waals surface area contributed by atoms with E-state index in [0.717, 1.165) is 6.07 Å². The minimum atomic E-state index is -0.601. The SMILES string of the molecule is O=C(Nc1cc(=O)c2cc(F)ccc2[nH]1)Nc1ccc(Cl)cc1Cl. The number of H-pyrrole nitrogens is 1. The number of urea groups is 1. The van der Waals surface area contributed by atoms with Gasteiger partial charge in [0.05, 0.1) is 16.2 Å². The summed E-state index contributed by atoms with van der Waals surface area (Å²) in [5, 5.41) is 5.94. The molecule has 5 nitrogen and oxygen atoms in total. The van der Waals surface area contributed by atoms with Crippen molar-refractivity contribution in [3.05, 3.63) is 68.6 Å². The maximum atomic E-state index is 13.2. The van der Waals surface area contributed by atoms with Crippen LogP contribution in [0, 0.1) is 5.82 Å². The number of carbonyl (C=O) groups is 1. The average Bonchev–Trinajstić information content (AvgIpc) is 2.51. The van der Waals surface area contributed by atoms with E-state index < -0.39 is 17.3 Å². The van der Waals surface area contributed by atoms with E-state index in [-0.39, 0.29) is 16.2 Å². The topological polar surface area (TPSA) is 74.0 Å². The molecule has 2 aromatic carbocycles. The fourth-order valence-electron chi connectivity index (χ4n) is 2.15. The van der Waals surface area contributed by atoms with Crippen molar-refractivity contribution in [3.63, 3.8) is 0 Å². The van der Waals surface area contributed by atoms with E-state index in [2.05, 4.69) is 15.6 Å². The molecule has 2 amide bonds. The molecule has 0 bridgehead atoms. The molecule has 0 unspecified atom stereocenters. The number of halogens is 3. The molecule has 3 N–H and O–H groups in total. The molecule has 0 saturated heterocycles. The first-order valence-electron chi connectivity index (χ1n) is 6.78. The lowest BCUT2D eigenvalue weighted by Crippen LogP contribution is -2.21. The Bertz CT molecular complexity index is 1000. The number of hydrogen-bond donors (Lipinski definition) is 3. The lowest BCUT2D eigenvalue weighted by atomic mass is 10.2. The van der Waals surface area contributed by atoms with Crippen LogP contribution in [0.15, 0.2) is 47.3 Å². The largest absolute Gasteiger partial charge is 0.341 e. The van der Waals surface area contributed by atoms with Gasteiger partial charge in [-0.1, -0.05) is 23.2 Å². The van der Waals surface area contributed by atoms with Gasteiger partial charge in [0, 0.05) is 16.5 Å². The molecule has 0 aliphatic heterocycles. The molecular weight excluding hydrogens is 356 g/mol. The molecule has 0 atom stereocenters. The number of carbonyl (C=O) groups excluding carboxylic acids is 1. The van der Waals surface area contributed by atoms with Gasteiger partial charge in [-0.2, -0.15) is 0 Å². The van der Waals surface area contributed by atoms with Crippen molar-refractivity contribution in [1.29, 1.82) is 0 Å². The Kier molecular flexibility index (Phi) is 4.42. The lowest BCUT2D eigenvalue weighted by molar-refractivity contribution is 0.262. The van der Waals surface area contributed by atoms with E-state index in [1.54, 1.807) is 12.1 Å². The molecule has 3 aromatic rings. The van der Waals surface area contributed by atoms with Gasteiger partial charge in [-0.15, -0.1) is 0 Å². The predicted molar refractivity (Wildman–Crippen MR) is 93.6 cm³/mol. The summed E-state index contributed by atoms with van der Waals surface area (Å²) in [5.74, 6) is -0.342. The summed E-state index contributed by atoms with van der Waals surface area (Å²) >= 11 is 11.8. The highest BCUT2D eigenvalue weighted by molar-refractivity contribution is 6.36. The summed E-state index contributed by atoms with van der Waals surface area (Å²) in [7, 11) is 0. The van der Waals surface area contributed by atoms with Crippen LogP contribution in [0.4, 0.5) is 20.7 Å². The number of fused-ring (bicyclic) bond motifs is 1. The summed E-state index contributed by atoms with van der Waals surface area (Å²) < 4.78 is 13.2. The molecular formula is C16H10Cl2FN3O2. The van der Waals surface area contributed by atoms with Gasteiger partial charge in [0.15, 0.2) is 5.43 Å². The Morgan fingerprint density at radius 2 is 1.83 bits per heavy atom. The van der Waals surface area contributed by atoms with E-state index >= 15 is 0 Å². The summed E-state index contributed by atoms with van der Waals surface area (Å²) in [6.07, 6.45) is 0. The maximum absolute atomic E-state index is 13.2. The summed E-state index contributed by atoms with van der Waals surface area (Å²) in [5.41, 5.74) is 0.357. The first-order chi connectivity index (χ1) is 11.4. The van der Waals surface area contributed by atoms with E-state index in [1.165, 1.54) is 24.3 Å². The Morgan fingerprint density at radius 1 is 1.04 bits per heavy atom. The van der Waals surface area contributed by atoms with Crippen molar-refractivity contribution in [1.82, 2.24) is 4.98 Å². The summed E-state index contributed by atoms with van der Waals surface area (Å²) in [4.78, 5) is 26.9. The Balaban J connectivity index is 1.83. The van der Waals surface area contributed by atoms with Crippen molar-refractivity contribution < 1.29 is 9.18 Å². The van der Waals surface area contributed by atoms with E-state index in [4.69, 9.17) is 23.2 Å². The van der Waals surface area contributed by atoms with Crippen molar-refractivity contribution in [2.75, 3.05) is 10.6 Å². The van der Waals surface area contributed by atoms with Crippen molar-refractivity contribution in [2.45, 2.75) is 0 Å². The van der Waals surface area contributed by atoms with Crippen LogP contribution in [0.25, 0.3) is 10.9 Å². The van der Waals surface area contributed by atoms with Gasteiger partial charge in [0.2, 0.25) is 0 Å². The smallest absolute Gasteiger partial charge is 0.324 e. The van der Waals surface area contributed by atoms with Crippen molar-refractivity contribution >= 4 is 51.6 Å². The second-order valence-electron chi connectivity index (χ2n) is 4.94. The number of aromatic nitrogens is 1. The molecule has 0 saturated carbocycles. The molecule has 24 heavy (non-hydrogen) atoms. The van der Waals surface area contributed by atoms with Crippen LogP contribution in [0.3, 0.4) is 0 Å². The predicted octanol–water partition coefficient (Wildman–Crippen LogP) is 4.62. The third-order valence-electron chi connectivity index (χ3n) is 3.22. The number of rotatable bonds is 2. The first-order valence-corrected chi connectivity index (χ1v) is 7.53. The highest BCUT2D eigenvalue weighted by atomic mass is 35.5. The van der Waals surface area contributed by atoms with Crippen LogP contribution < -0.4 is 16.1 Å². The quantitative estimate of drug-likeness (QED) is 0.619. The second kappa shape index (κ2) is 6.51. The van der Waals surface area contributed by atoms with Gasteiger partial charge in [-0.25, -0.2) is 9.18 Å². The van der Waals surface area contributed by atoms with Gasteiger partial charge in [-0.05, 0) is 36.4 Å². The number of aromatic amines is 1. The number of amides is 2. The van der Waals surface area contributed by atoms with Gasteiger partial charge in [0.25, 0.3) is 0 Å². The van der Waals surface area contributed by atoms with Crippen LogP contribution in [0.5, 0.6) is 0 Å². The van der Waals surface area contributed by atoms with Gasteiger partial charge in [0.1, 0.15) is 11.6 Å². The zero-order chi connectivity index (χ0) is 17.3. The zero-order valence-corrected chi connectivity index (χ0v) is 13.5. The third-order valence-corrected chi connectivity index (χ3v) is 3.77. The van der Waals surface area contributed by atoms with E-state index in [1.807, 2.05) is 0 Å². The molecule has 8 heteroatoms. The second-order valence-corrected chi connectivity index (χ2v) is 5.78. The van der Waals surface area contributed by atoms with E-state index in [9.17, 15) is 14.0 Å². The van der Waals surface area contributed by atoms with Crippen LogP contribution in [-0.2, 0) is 0 Å². The molecule has 3 rings (SSSR count). The molecule has 1 heterocycles. The standard InChI is InChI=1S/C16H10Cl2FN3O2/c17-8-1-3-13(11(18)5-8)21-16(24)22-15-7-14(23)10-6-9(19)2-4-12(10)20-15/h1-7H,(H3,20,21,22,23,24). The Morgan fingerprint density at radius 3 is 2.58 bits per heavy atom. The number of benzene rings is 2. The Labute approximate surface area is 145 Å². The van der Waals surface area contributed by atoms with Gasteiger partial charge in [-0.3, -0.25) is 10.1 Å². The Hall–Kier alpha value is -2.57. The van der Waals surface area contributed by atoms with Crippen LogP contribution in [0.1, 0.15) is 0 Å². The highest BCUT2D eigenvalue weighted by Gasteiger charge is 2.09. The number of pyridine rings is 1. The maximum Gasteiger partial charge on any atom is 0.324 e. The fraction of sp³-hybridized carbons (Fsp3) is 0. The van der Waals surface area contributed by atoms with Crippen LogP contribution in [0.2, 0.25) is 10.0 Å². The molecule has 0 aliphatic rings. The van der Waals surface area contributed by atoms with Crippen molar-refractivity contribution in [3.8, 4) is 0 Å². The average molecular weight is 366 g/mol. The van der Waals surface area contributed by atoms with Crippen LogP contribution >= 0.6 is 23.2 Å². The molecule has 1 aromatic heterocycles. The zero-order valence-electron chi connectivity index (χ0n) is 12.0. The highest BCUT2D eigenvalue weighted by Crippen LogP contribution is 2.25. The van der Waals surface area contributed by atoms with E-state index in [0.29, 0.717) is 16.2 Å². The normalized spacial score (nSPS) is 10.6. The summed E-state index contributed by atoms with van der Waals surface area (Å²) in [6, 6.07) is 8.96. The molecule has 0 spiro atoms. The number of hydrogen-bond acceptors (Lipinski definition) is 2. The minimum absolute atomic E-state index is 0.168. The van der Waals surface area contributed by atoms with Crippen molar-refractivity contribution in [2.24, 2.45) is 0 Å². The monoisotopic (exact) mass is 365 g/mol. The third kappa shape index (κ3) is 3.50. The summed E-state index contributed by atoms with van der Waals surface area (Å²) in [6.45, 7) is 0. The van der Waals surface area contributed by atoms with Gasteiger partial charge < -0.3 is 10.3 Å². The molecule has 0 fully saturated rings. The van der Waals surface area contributed by atoms with Crippen LogP contribution in [-0.4, -0.2) is 11.0 Å². The molecule has 0 aliphatic carbocycles. The number of anilines is 2. The minimum Gasteiger partial charge on any atom is -0.341 e. The molecule has 0 radical (unpaired) electrons. The first kappa shape index (κ1) is 16.3. The lowest BCUT2D eigenvalue weighted by Gasteiger charge is -2.10. The van der Waals surface area contributed by atoms with Gasteiger partial charge >= 0.3 is 6.03 Å². The number of nitrogens with one attached hydrogen (secondary N) is 3. The molecule has 122 valence electrons.